The molecule has 2 N–H and O–H groups in total. The van der Waals surface area contributed by atoms with Crippen LogP contribution in [0.5, 0.6) is 0 Å². The second kappa shape index (κ2) is 6.88. The summed E-state index contributed by atoms with van der Waals surface area (Å²) in [5.41, 5.74) is 2.91. The molecule has 24 heavy (non-hydrogen) atoms. The van der Waals surface area contributed by atoms with Crippen molar-refractivity contribution in [1.29, 1.82) is 0 Å². The molecule has 0 aliphatic rings. The van der Waals surface area contributed by atoms with Crippen LogP contribution in [0.1, 0.15) is 30.2 Å². The molecular weight excluding hydrogens is 312 g/mol. The Morgan fingerprint density at radius 3 is 2.33 bits per heavy atom. The van der Waals surface area contributed by atoms with Gasteiger partial charge in [0.25, 0.3) is 0 Å². The quantitative estimate of drug-likeness (QED) is 0.698. The number of aryl methyl sites for hydroxylation is 3. The lowest BCUT2D eigenvalue weighted by Gasteiger charge is -2.03. The van der Waals surface area contributed by atoms with E-state index in [0.29, 0.717) is 5.58 Å². The number of fused-ring (bicyclic) bond motifs is 2. The molecule has 2 heterocycles. The zero-order valence-corrected chi connectivity index (χ0v) is 14.0. The number of carboxylic acid groups (broad SMARTS) is 1. The van der Waals surface area contributed by atoms with E-state index < -0.39 is 12.1 Å². The van der Waals surface area contributed by atoms with Gasteiger partial charge in [-0.3, -0.25) is 0 Å². The molecule has 0 aliphatic carbocycles. The zero-order chi connectivity index (χ0) is 18.0. The molecule has 3 rings (SSSR count). The largest absolute Gasteiger partial charge is 0.479 e. The van der Waals surface area contributed by atoms with Crippen LogP contribution in [0.3, 0.4) is 0 Å². The van der Waals surface area contributed by atoms with E-state index in [9.17, 15) is 9.59 Å². The van der Waals surface area contributed by atoms with Crippen LogP contribution >= 0.6 is 0 Å². The van der Waals surface area contributed by atoms with Gasteiger partial charge in [0.1, 0.15) is 16.9 Å². The summed E-state index contributed by atoms with van der Waals surface area (Å²) in [6.07, 6.45) is -0.907. The van der Waals surface area contributed by atoms with Crippen molar-refractivity contribution in [2.75, 3.05) is 0 Å². The summed E-state index contributed by atoms with van der Waals surface area (Å²) in [5.74, 6) is -0.291. The third-order valence-corrected chi connectivity index (χ3v) is 3.74. The highest BCUT2D eigenvalue weighted by Gasteiger charge is 2.12. The lowest BCUT2D eigenvalue weighted by atomic mass is 10.1. The molecule has 6 heteroatoms. The van der Waals surface area contributed by atoms with Crippen LogP contribution in [0.2, 0.25) is 0 Å². The lowest BCUT2D eigenvalue weighted by Crippen LogP contribution is -2.17. The second-order valence-corrected chi connectivity index (χ2v) is 5.66. The highest BCUT2D eigenvalue weighted by atomic mass is 16.4. The average Bonchev–Trinajstić information content (AvgIpc) is 2.89. The van der Waals surface area contributed by atoms with Crippen LogP contribution in [-0.2, 0) is 4.79 Å². The molecule has 0 saturated carbocycles. The summed E-state index contributed by atoms with van der Waals surface area (Å²) >= 11 is 0. The van der Waals surface area contributed by atoms with Crippen molar-refractivity contribution in [2.24, 2.45) is 0 Å². The van der Waals surface area contributed by atoms with Gasteiger partial charge in [0.15, 0.2) is 6.10 Å². The van der Waals surface area contributed by atoms with Crippen molar-refractivity contribution in [3.63, 3.8) is 0 Å². The van der Waals surface area contributed by atoms with Gasteiger partial charge in [-0.05, 0) is 44.9 Å². The maximum absolute atomic E-state index is 11.4. The molecule has 0 aliphatic heterocycles. The number of hydrogen-bond acceptors (Lipinski definition) is 5. The van der Waals surface area contributed by atoms with Gasteiger partial charge in [-0.25, -0.2) is 9.59 Å². The van der Waals surface area contributed by atoms with E-state index in [4.69, 9.17) is 19.0 Å². The number of aliphatic hydroxyl groups excluding tert-OH is 1. The van der Waals surface area contributed by atoms with Gasteiger partial charge in [-0.15, -0.1) is 0 Å². The highest BCUT2D eigenvalue weighted by Crippen LogP contribution is 2.30. The van der Waals surface area contributed by atoms with Crippen LogP contribution in [0.25, 0.3) is 21.9 Å². The van der Waals surface area contributed by atoms with E-state index in [-0.39, 0.29) is 12.0 Å². The topological polar surface area (TPSA) is 101 Å². The van der Waals surface area contributed by atoms with E-state index in [2.05, 4.69) is 0 Å². The van der Waals surface area contributed by atoms with Crippen LogP contribution in [-0.4, -0.2) is 22.3 Å². The maximum Gasteiger partial charge on any atom is 0.336 e. The van der Waals surface area contributed by atoms with Gasteiger partial charge < -0.3 is 19.0 Å². The van der Waals surface area contributed by atoms with Crippen molar-refractivity contribution < 1.29 is 23.8 Å². The van der Waals surface area contributed by atoms with Crippen LogP contribution < -0.4 is 5.63 Å². The number of aliphatic carboxylic acids is 1. The Morgan fingerprint density at radius 2 is 1.79 bits per heavy atom. The van der Waals surface area contributed by atoms with E-state index in [1.165, 1.54) is 6.07 Å². The predicted molar refractivity (Wildman–Crippen MR) is 90.4 cm³/mol. The predicted octanol–water partition coefficient (Wildman–Crippen LogP) is 3.31. The molecule has 6 nitrogen and oxygen atoms in total. The Labute approximate surface area is 138 Å². The highest BCUT2D eigenvalue weighted by molar-refractivity contribution is 5.98. The van der Waals surface area contributed by atoms with Gasteiger partial charge in [0.2, 0.25) is 0 Å². The Kier molecular flexibility index (Phi) is 5.09. The fraction of sp³-hybridized carbons (Fsp3) is 0.333. The molecule has 2 aromatic heterocycles. The van der Waals surface area contributed by atoms with Crippen molar-refractivity contribution in [2.45, 2.75) is 40.2 Å². The van der Waals surface area contributed by atoms with Gasteiger partial charge in [-0.1, -0.05) is 6.92 Å². The summed E-state index contributed by atoms with van der Waals surface area (Å²) in [5, 5.41) is 18.3. The molecule has 128 valence electrons. The van der Waals surface area contributed by atoms with Crippen LogP contribution in [0.4, 0.5) is 0 Å². The Morgan fingerprint density at radius 1 is 1.12 bits per heavy atom. The van der Waals surface area contributed by atoms with Crippen molar-refractivity contribution in [3.8, 4) is 0 Å². The normalized spacial score (nSPS) is 12.0. The number of benzene rings is 1. The van der Waals surface area contributed by atoms with Gasteiger partial charge in [0.05, 0.1) is 0 Å². The van der Waals surface area contributed by atoms with Gasteiger partial charge in [-0.2, -0.15) is 0 Å². The van der Waals surface area contributed by atoms with Gasteiger partial charge >= 0.3 is 11.6 Å². The zero-order valence-electron chi connectivity index (χ0n) is 14.0. The first-order valence-corrected chi connectivity index (χ1v) is 7.59. The maximum atomic E-state index is 11.4. The van der Waals surface area contributed by atoms with E-state index in [0.717, 1.165) is 33.2 Å². The Balaban J connectivity index is 0.000000256. The van der Waals surface area contributed by atoms with Crippen LogP contribution in [0.15, 0.2) is 31.8 Å². The SMILES string of the molecule is CCC(O)C(=O)O.Cc1cc2cc3c(C)cc(=O)oc3c(C)c2o1. The first kappa shape index (κ1) is 17.7. The fourth-order valence-corrected chi connectivity index (χ4v) is 2.44. The molecule has 0 fully saturated rings. The first-order valence-electron chi connectivity index (χ1n) is 7.59. The molecule has 0 spiro atoms. The summed E-state index contributed by atoms with van der Waals surface area (Å²) in [6.45, 7) is 7.35. The standard InChI is InChI=1S/C14H12O3.C4H8O3/c1-7-4-12(15)17-14-9(3)13-10(6-11(7)14)5-8(2)16-13;1-2-3(5)4(6)7/h4-6H,1-3H3;3,5H,2H2,1H3,(H,6,7). The first-order chi connectivity index (χ1) is 11.2. The molecule has 0 saturated heterocycles. The number of furan rings is 1. The minimum Gasteiger partial charge on any atom is -0.479 e. The molecule has 1 unspecified atom stereocenters. The summed E-state index contributed by atoms with van der Waals surface area (Å²) < 4.78 is 10.9. The van der Waals surface area contributed by atoms with Crippen molar-refractivity contribution in [1.82, 2.24) is 0 Å². The van der Waals surface area contributed by atoms with Crippen LogP contribution in [0, 0.1) is 20.8 Å². The fourth-order valence-electron chi connectivity index (χ4n) is 2.44. The van der Waals surface area contributed by atoms with Crippen molar-refractivity contribution in [3.05, 3.63) is 45.5 Å². The Hall–Kier alpha value is -2.60. The van der Waals surface area contributed by atoms with Crippen molar-refractivity contribution >= 4 is 27.9 Å². The van der Waals surface area contributed by atoms with Gasteiger partial charge in [0, 0.05) is 22.4 Å². The second-order valence-electron chi connectivity index (χ2n) is 5.66. The molecule has 0 bridgehead atoms. The number of rotatable bonds is 2. The number of aliphatic hydroxyl groups is 1. The molecule has 3 aromatic rings. The number of hydrogen-bond donors (Lipinski definition) is 2. The molecule has 1 aromatic carbocycles. The molecule has 0 radical (unpaired) electrons. The monoisotopic (exact) mass is 332 g/mol. The number of carbonyl (C=O) groups is 1. The minimum absolute atomic E-state index is 0.273. The third-order valence-electron chi connectivity index (χ3n) is 3.74. The Bertz CT molecular complexity index is 947. The smallest absolute Gasteiger partial charge is 0.336 e. The van der Waals surface area contributed by atoms with E-state index in [1.807, 2.05) is 32.9 Å². The lowest BCUT2D eigenvalue weighted by molar-refractivity contribution is -0.146. The molecule has 0 amide bonds. The summed E-state index contributed by atoms with van der Waals surface area (Å²) in [6, 6.07) is 5.51. The summed E-state index contributed by atoms with van der Waals surface area (Å²) in [7, 11) is 0. The third kappa shape index (κ3) is 3.49. The minimum atomic E-state index is -1.18. The molecular formula is C18H20O6. The van der Waals surface area contributed by atoms with E-state index >= 15 is 0 Å². The number of carboxylic acids is 1. The molecule has 1 atom stereocenters. The average molecular weight is 332 g/mol. The summed E-state index contributed by atoms with van der Waals surface area (Å²) in [4.78, 5) is 21.1. The van der Waals surface area contributed by atoms with E-state index in [1.54, 1.807) is 6.92 Å².